The molecule has 0 radical (unpaired) electrons. The Morgan fingerprint density at radius 2 is 1.87 bits per heavy atom. The zero-order chi connectivity index (χ0) is 21.6. The van der Waals surface area contributed by atoms with Gasteiger partial charge in [0.1, 0.15) is 11.5 Å². The van der Waals surface area contributed by atoms with E-state index >= 15 is 0 Å². The molecule has 1 N–H and O–H groups in total. The third-order valence-electron chi connectivity index (χ3n) is 4.35. The predicted molar refractivity (Wildman–Crippen MR) is 117 cm³/mol. The van der Waals surface area contributed by atoms with E-state index in [4.69, 9.17) is 25.6 Å². The second-order valence-electron chi connectivity index (χ2n) is 6.49. The fourth-order valence-electron chi connectivity index (χ4n) is 2.88. The predicted octanol–water partition coefficient (Wildman–Crippen LogP) is 5.08. The van der Waals surface area contributed by atoms with Gasteiger partial charge < -0.3 is 19.3 Å². The van der Waals surface area contributed by atoms with Crippen LogP contribution in [-0.4, -0.2) is 29.8 Å². The van der Waals surface area contributed by atoms with Gasteiger partial charge in [0.2, 0.25) is 5.82 Å². The second-order valence-corrected chi connectivity index (χ2v) is 6.93. The summed E-state index contributed by atoms with van der Waals surface area (Å²) in [6.45, 7) is -0.148. The lowest BCUT2D eigenvalue weighted by Crippen LogP contribution is -2.20. The summed E-state index contributed by atoms with van der Waals surface area (Å²) in [5.41, 5.74) is 2.04. The molecule has 4 rings (SSSR count). The summed E-state index contributed by atoms with van der Waals surface area (Å²) in [4.78, 5) is 16.6. The van der Waals surface area contributed by atoms with Crippen LogP contribution in [0.15, 0.2) is 77.3 Å². The maximum absolute atomic E-state index is 12.1. The number of rotatable bonds is 7. The van der Waals surface area contributed by atoms with E-state index in [9.17, 15) is 4.79 Å². The van der Waals surface area contributed by atoms with Crippen LogP contribution in [0.3, 0.4) is 0 Å². The van der Waals surface area contributed by atoms with E-state index in [-0.39, 0.29) is 12.5 Å². The lowest BCUT2D eigenvalue weighted by Gasteiger charge is -2.08. The molecule has 0 saturated carbocycles. The summed E-state index contributed by atoms with van der Waals surface area (Å²) in [6, 6.07) is 21.3. The molecule has 0 saturated heterocycles. The number of carbonyl (C=O) groups excluding carboxylic acids is 1. The minimum absolute atomic E-state index is 0.148. The Hall–Kier alpha value is -3.84. The zero-order valence-corrected chi connectivity index (χ0v) is 17.3. The first-order chi connectivity index (χ1) is 15.1. The third kappa shape index (κ3) is 5.02. The first kappa shape index (κ1) is 20.4. The van der Waals surface area contributed by atoms with Gasteiger partial charge >= 0.3 is 0 Å². The van der Waals surface area contributed by atoms with Gasteiger partial charge in [-0.25, -0.2) is 0 Å². The molecule has 0 bridgehead atoms. The van der Waals surface area contributed by atoms with Crippen LogP contribution in [0.1, 0.15) is 0 Å². The summed E-state index contributed by atoms with van der Waals surface area (Å²) in [5, 5.41) is 7.39. The Morgan fingerprint density at radius 3 is 2.68 bits per heavy atom. The van der Waals surface area contributed by atoms with Gasteiger partial charge in [-0.15, -0.1) is 0 Å². The number of carbonyl (C=O) groups is 1. The number of anilines is 1. The van der Waals surface area contributed by atoms with Crippen LogP contribution < -0.4 is 14.8 Å². The number of amides is 1. The van der Waals surface area contributed by atoms with Crippen molar-refractivity contribution < 1.29 is 18.8 Å². The van der Waals surface area contributed by atoms with Crippen molar-refractivity contribution in [3.63, 3.8) is 0 Å². The van der Waals surface area contributed by atoms with Gasteiger partial charge in [0.25, 0.3) is 11.8 Å². The number of halogens is 1. The average Bonchev–Trinajstić information content (AvgIpc) is 3.30. The number of hydrogen-bond acceptors (Lipinski definition) is 6. The lowest BCUT2D eigenvalue weighted by molar-refractivity contribution is -0.118. The van der Waals surface area contributed by atoms with Crippen LogP contribution in [0.4, 0.5) is 5.69 Å². The second kappa shape index (κ2) is 9.32. The van der Waals surface area contributed by atoms with Crippen LogP contribution in [-0.2, 0) is 4.79 Å². The smallest absolute Gasteiger partial charge is 0.262 e. The zero-order valence-electron chi connectivity index (χ0n) is 16.5. The van der Waals surface area contributed by atoms with E-state index in [0.717, 1.165) is 0 Å². The van der Waals surface area contributed by atoms with Crippen LogP contribution in [0, 0.1) is 0 Å². The van der Waals surface area contributed by atoms with E-state index in [1.54, 1.807) is 49.6 Å². The molecule has 0 fully saturated rings. The highest BCUT2D eigenvalue weighted by molar-refractivity contribution is 6.30. The van der Waals surface area contributed by atoms with Crippen LogP contribution in [0.25, 0.3) is 22.8 Å². The number of methoxy groups -OCH3 is 1. The molecule has 1 amide bonds. The molecule has 0 unspecified atom stereocenters. The highest BCUT2D eigenvalue weighted by Crippen LogP contribution is 2.30. The fraction of sp³-hybridized carbons (Fsp3) is 0.0870. The molecule has 3 aromatic carbocycles. The molecule has 1 aromatic heterocycles. The molecule has 0 aliphatic carbocycles. The molecule has 0 spiro atoms. The van der Waals surface area contributed by atoms with Crippen molar-refractivity contribution in [3.8, 4) is 34.3 Å². The summed E-state index contributed by atoms with van der Waals surface area (Å²) < 4.78 is 16.4. The van der Waals surface area contributed by atoms with Crippen molar-refractivity contribution in [2.45, 2.75) is 0 Å². The number of para-hydroxylation sites is 1. The molecule has 0 atom stereocenters. The molecule has 0 aliphatic heterocycles. The molecule has 4 aromatic rings. The van der Waals surface area contributed by atoms with Gasteiger partial charge in [-0.3, -0.25) is 4.79 Å². The fourth-order valence-corrected chi connectivity index (χ4v) is 3.00. The third-order valence-corrected chi connectivity index (χ3v) is 4.61. The number of aromatic nitrogens is 2. The quantitative estimate of drug-likeness (QED) is 0.435. The van der Waals surface area contributed by atoms with Crippen LogP contribution >= 0.6 is 11.6 Å². The monoisotopic (exact) mass is 435 g/mol. The Morgan fingerprint density at radius 1 is 1.06 bits per heavy atom. The average molecular weight is 436 g/mol. The van der Waals surface area contributed by atoms with Gasteiger partial charge in [-0.1, -0.05) is 41.0 Å². The topological polar surface area (TPSA) is 86.5 Å². The normalized spacial score (nSPS) is 10.5. The SMILES string of the molecule is COc1ccccc1-c1nc(-c2cccc(OCC(=O)Nc3ccc(Cl)cc3)c2)no1. The Kier molecular flexibility index (Phi) is 6.14. The van der Waals surface area contributed by atoms with Crippen molar-refractivity contribution >= 4 is 23.2 Å². The molecular weight excluding hydrogens is 418 g/mol. The summed E-state index contributed by atoms with van der Waals surface area (Å²) >= 11 is 5.85. The van der Waals surface area contributed by atoms with E-state index in [1.165, 1.54) is 0 Å². The highest BCUT2D eigenvalue weighted by Gasteiger charge is 2.15. The van der Waals surface area contributed by atoms with Crippen molar-refractivity contribution in [2.24, 2.45) is 0 Å². The first-order valence-electron chi connectivity index (χ1n) is 9.38. The Balaban J connectivity index is 1.43. The summed E-state index contributed by atoms with van der Waals surface area (Å²) in [7, 11) is 1.58. The molecule has 31 heavy (non-hydrogen) atoms. The summed E-state index contributed by atoms with van der Waals surface area (Å²) in [5.74, 6) is 1.61. The van der Waals surface area contributed by atoms with Crippen molar-refractivity contribution in [3.05, 3.63) is 77.8 Å². The standard InChI is InChI=1S/C23H18ClN3O4/c1-29-20-8-3-2-7-19(20)23-26-22(27-31-23)15-5-4-6-18(13-15)30-14-21(28)25-17-11-9-16(24)10-12-17/h2-13H,14H2,1H3,(H,25,28). The van der Waals surface area contributed by atoms with E-state index in [0.29, 0.717) is 45.1 Å². The van der Waals surface area contributed by atoms with Gasteiger partial charge in [0.05, 0.1) is 12.7 Å². The highest BCUT2D eigenvalue weighted by atomic mass is 35.5. The van der Waals surface area contributed by atoms with Gasteiger partial charge in [0.15, 0.2) is 6.61 Å². The van der Waals surface area contributed by atoms with E-state index in [1.807, 2.05) is 30.3 Å². The van der Waals surface area contributed by atoms with E-state index in [2.05, 4.69) is 15.5 Å². The number of hydrogen-bond donors (Lipinski definition) is 1. The minimum atomic E-state index is -0.286. The number of nitrogens with zero attached hydrogens (tertiary/aromatic N) is 2. The molecule has 8 heteroatoms. The van der Waals surface area contributed by atoms with Gasteiger partial charge in [-0.2, -0.15) is 4.98 Å². The number of nitrogens with one attached hydrogen (secondary N) is 1. The Labute approximate surface area is 183 Å². The Bertz CT molecular complexity index is 1190. The van der Waals surface area contributed by atoms with E-state index < -0.39 is 0 Å². The lowest BCUT2D eigenvalue weighted by atomic mass is 10.2. The minimum Gasteiger partial charge on any atom is -0.496 e. The largest absolute Gasteiger partial charge is 0.496 e. The summed E-state index contributed by atoms with van der Waals surface area (Å²) in [6.07, 6.45) is 0. The maximum atomic E-state index is 12.1. The van der Waals surface area contributed by atoms with Crippen LogP contribution in [0.5, 0.6) is 11.5 Å². The van der Waals surface area contributed by atoms with Gasteiger partial charge in [-0.05, 0) is 48.5 Å². The van der Waals surface area contributed by atoms with Gasteiger partial charge in [0, 0.05) is 16.3 Å². The van der Waals surface area contributed by atoms with Crippen molar-refractivity contribution in [1.82, 2.24) is 10.1 Å². The van der Waals surface area contributed by atoms with Crippen molar-refractivity contribution in [1.29, 1.82) is 0 Å². The number of benzene rings is 3. The number of ether oxygens (including phenoxy) is 2. The van der Waals surface area contributed by atoms with Crippen molar-refractivity contribution in [2.75, 3.05) is 19.0 Å². The molecule has 0 aliphatic rings. The first-order valence-corrected chi connectivity index (χ1v) is 9.76. The maximum Gasteiger partial charge on any atom is 0.262 e. The molecule has 7 nitrogen and oxygen atoms in total. The molecular formula is C23H18ClN3O4. The molecule has 156 valence electrons. The van der Waals surface area contributed by atoms with Crippen LogP contribution in [0.2, 0.25) is 5.02 Å². The molecule has 1 heterocycles.